The van der Waals surface area contributed by atoms with E-state index in [-0.39, 0.29) is 5.91 Å². The first-order valence-electron chi connectivity index (χ1n) is 9.45. The van der Waals surface area contributed by atoms with Crippen molar-refractivity contribution in [1.82, 2.24) is 29.4 Å². The summed E-state index contributed by atoms with van der Waals surface area (Å²) in [5, 5.41) is 4.47. The Morgan fingerprint density at radius 3 is 2.89 bits per heavy atom. The quantitative estimate of drug-likeness (QED) is 0.697. The Balaban J connectivity index is 1.52. The van der Waals surface area contributed by atoms with Crippen molar-refractivity contribution in [1.29, 1.82) is 0 Å². The maximum Gasteiger partial charge on any atom is 0.259 e. The molecule has 0 aliphatic carbocycles. The van der Waals surface area contributed by atoms with Crippen LogP contribution in [0.5, 0.6) is 0 Å². The molecule has 2 saturated heterocycles. The number of piperidine rings is 1. The zero-order chi connectivity index (χ0) is 18.4. The molecule has 2 atom stereocenters. The summed E-state index contributed by atoms with van der Waals surface area (Å²) < 4.78 is 1.74. The predicted molar refractivity (Wildman–Crippen MR) is 101 cm³/mol. The summed E-state index contributed by atoms with van der Waals surface area (Å²) in [7, 11) is 2.13. The number of hydrogen-bond acceptors (Lipinski definition) is 5. The number of hydrogen-bond donors (Lipinski definition) is 0. The van der Waals surface area contributed by atoms with Crippen LogP contribution in [0, 0.1) is 5.92 Å². The molecule has 5 heterocycles. The van der Waals surface area contributed by atoms with Gasteiger partial charge >= 0.3 is 0 Å². The number of fused-ring (bicyclic) bond motifs is 2. The standard InChI is InChI=1S/C20H22N6O/c1-24-9-5-14-6-10-25(18(14)13-24)20(27)16-12-23-26-17(4-8-22-19(16)26)15-3-2-7-21-11-15/h2-4,7-8,11-12,14,18H,5-6,9-10,13H2,1H3/t14-,18-/m1/s1. The van der Waals surface area contributed by atoms with Gasteiger partial charge in [0.1, 0.15) is 5.56 Å². The van der Waals surface area contributed by atoms with Crippen molar-refractivity contribution in [2.45, 2.75) is 18.9 Å². The third kappa shape index (κ3) is 2.70. The van der Waals surface area contributed by atoms with Crippen LogP contribution >= 0.6 is 0 Å². The number of nitrogens with zero attached hydrogens (tertiary/aromatic N) is 6. The number of aromatic nitrogens is 4. The van der Waals surface area contributed by atoms with Gasteiger partial charge in [-0.2, -0.15) is 5.10 Å². The molecule has 0 aromatic carbocycles. The summed E-state index contributed by atoms with van der Waals surface area (Å²) in [6.45, 7) is 2.89. The lowest BCUT2D eigenvalue weighted by molar-refractivity contribution is 0.0633. The van der Waals surface area contributed by atoms with Crippen LogP contribution < -0.4 is 0 Å². The van der Waals surface area contributed by atoms with E-state index in [1.807, 2.05) is 23.1 Å². The Hall–Kier alpha value is -2.80. The molecule has 0 radical (unpaired) electrons. The molecule has 0 N–H and O–H groups in total. The number of amides is 1. The van der Waals surface area contributed by atoms with Gasteiger partial charge < -0.3 is 9.80 Å². The largest absolute Gasteiger partial charge is 0.334 e. The highest BCUT2D eigenvalue weighted by atomic mass is 16.2. The predicted octanol–water partition coefficient (Wildman–Crippen LogP) is 1.96. The number of pyridine rings is 1. The molecule has 7 heteroatoms. The van der Waals surface area contributed by atoms with E-state index in [9.17, 15) is 4.79 Å². The Kier molecular flexibility index (Phi) is 3.89. The number of rotatable bonds is 2. The maximum absolute atomic E-state index is 13.3. The number of carbonyl (C=O) groups is 1. The van der Waals surface area contributed by atoms with E-state index in [0.29, 0.717) is 23.2 Å². The second-order valence-electron chi connectivity index (χ2n) is 7.53. The fourth-order valence-electron chi connectivity index (χ4n) is 4.48. The third-order valence-corrected chi connectivity index (χ3v) is 5.92. The van der Waals surface area contributed by atoms with E-state index >= 15 is 0 Å². The summed E-state index contributed by atoms with van der Waals surface area (Å²) in [6.07, 6.45) is 9.19. The van der Waals surface area contributed by atoms with E-state index < -0.39 is 0 Å². The van der Waals surface area contributed by atoms with Gasteiger partial charge in [0.2, 0.25) is 0 Å². The van der Waals surface area contributed by atoms with Crippen LogP contribution in [0.2, 0.25) is 0 Å². The molecule has 27 heavy (non-hydrogen) atoms. The summed E-state index contributed by atoms with van der Waals surface area (Å²) in [5.41, 5.74) is 3.01. The SMILES string of the molecule is CN1CC[C@@H]2CCN(C(=O)c3cnn4c(-c5cccnc5)ccnc34)[C@@H]2C1. The zero-order valence-electron chi connectivity index (χ0n) is 15.3. The molecule has 5 rings (SSSR count). The van der Waals surface area contributed by atoms with Crippen LogP contribution in [0.4, 0.5) is 0 Å². The molecule has 1 amide bonds. The Morgan fingerprint density at radius 2 is 2.04 bits per heavy atom. The lowest BCUT2D eigenvalue weighted by Gasteiger charge is -2.36. The molecule has 0 spiro atoms. The lowest BCUT2D eigenvalue weighted by Crippen LogP contribution is -2.48. The van der Waals surface area contributed by atoms with Gasteiger partial charge in [-0.3, -0.25) is 9.78 Å². The van der Waals surface area contributed by atoms with Crippen LogP contribution in [0.3, 0.4) is 0 Å². The van der Waals surface area contributed by atoms with Crippen LogP contribution in [-0.2, 0) is 0 Å². The molecule has 3 aromatic rings. The smallest absolute Gasteiger partial charge is 0.259 e. The lowest BCUT2D eigenvalue weighted by atomic mass is 9.92. The molecular formula is C20H22N6O. The van der Waals surface area contributed by atoms with Crippen molar-refractivity contribution in [3.8, 4) is 11.3 Å². The van der Waals surface area contributed by atoms with Gasteiger partial charge in [-0.25, -0.2) is 9.50 Å². The fourth-order valence-corrected chi connectivity index (χ4v) is 4.48. The van der Waals surface area contributed by atoms with Crippen molar-refractivity contribution < 1.29 is 4.79 Å². The highest BCUT2D eigenvalue weighted by Crippen LogP contribution is 2.32. The second-order valence-corrected chi connectivity index (χ2v) is 7.53. The number of likely N-dealkylation sites (tertiary alicyclic amines) is 2. The molecule has 2 aliphatic heterocycles. The van der Waals surface area contributed by atoms with Gasteiger partial charge in [0.15, 0.2) is 5.65 Å². The molecule has 2 aliphatic rings. The number of carbonyl (C=O) groups excluding carboxylic acids is 1. The van der Waals surface area contributed by atoms with Gasteiger partial charge in [0.25, 0.3) is 5.91 Å². The Morgan fingerprint density at radius 1 is 1.15 bits per heavy atom. The van der Waals surface area contributed by atoms with Crippen LogP contribution in [0.15, 0.2) is 43.0 Å². The molecular weight excluding hydrogens is 340 g/mol. The third-order valence-electron chi connectivity index (χ3n) is 5.92. The molecule has 3 aromatic heterocycles. The first-order valence-corrected chi connectivity index (χ1v) is 9.45. The molecule has 2 fully saturated rings. The van der Waals surface area contributed by atoms with Crippen LogP contribution in [-0.4, -0.2) is 68.0 Å². The first-order chi connectivity index (χ1) is 13.2. The average molecular weight is 362 g/mol. The molecule has 138 valence electrons. The van der Waals surface area contributed by atoms with E-state index in [1.54, 1.807) is 29.3 Å². The minimum absolute atomic E-state index is 0.0450. The summed E-state index contributed by atoms with van der Waals surface area (Å²) in [5.74, 6) is 0.662. The minimum Gasteiger partial charge on any atom is -0.334 e. The van der Waals surface area contributed by atoms with E-state index in [4.69, 9.17) is 0 Å². The normalized spacial score (nSPS) is 22.9. The van der Waals surface area contributed by atoms with E-state index in [2.05, 4.69) is 27.0 Å². The molecule has 0 saturated carbocycles. The Bertz CT molecular complexity index is 985. The monoisotopic (exact) mass is 362 g/mol. The minimum atomic E-state index is 0.0450. The van der Waals surface area contributed by atoms with Gasteiger partial charge in [-0.15, -0.1) is 0 Å². The van der Waals surface area contributed by atoms with Crippen molar-refractivity contribution >= 4 is 11.6 Å². The fraction of sp³-hybridized carbons (Fsp3) is 0.400. The van der Waals surface area contributed by atoms with Gasteiger partial charge in [-0.1, -0.05) is 0 Å². The maximum atomic E-state index is 13.3. The van der Waals surface area contributed by atoms with Crippen molar-refractivity contribution in [3.63, 3.8) is 0 Å². The molecule has 0 bridgehead atoms. The summed E-state index contributed by atoms with van der Waals surface area (Å²) >= 11 is 0. The van der Waals surface area contributed by atoms with E-state index in [0.717, 1.165) is 37.3 Å². The first kappa shape index (κ1) is 16.4. The van der Waals surface area contributed by atoms with Crippen molar-refractivity contribution in [2.24, 2.45) is 5.92 Å². The highest BCUT2D eigenvalue weighted by molar-refractivity contribution is 6.00. The zero-order valence-corrected chi connectivity index (χ0v) is 15.3. The van der Waals surface area contributed by atoms with Crippen molar-refractivity contribution in [3.05, 3.63) is 48.5 Å². The second kappa shape index (κ2) is 6.42. The Labute approximate surface area is 157 Å². The van der Waals surface area contributed by atoms with Crippen LogP contribution in [0.25, 0.3) is 16.9 Å². The number of likely N-dealkylation sites (N-methyl/N-ethyl adjacent to an activating group) is 1. The molecule has 0 unspecified atom stereocenters. The van der Waals surface area contributed by atoms with Gasteiger partial charge in [0.05, 0.1) is 11.9 Å². The summed E-state index contributed by atoms with van der Waals surface area (Å²) in [6, 6.07) is 6.06. The highest BCUT2D eigenvalue weighted by Gasteiger charge is 2.40. The van der Waals surface area contributed by atoms with E-state index in [1.165, 1.54) is 6.42 Å². The average Bonchev–Trinajstić information content (AvgIpc) is 3.32. The van der Waals surface area contributed by atoms with Gasteiger partial charge in [0, 0.05) is 43.3 Å². The van der Waals surface area contributed by atoms with Crippen molar-refractivity contribution in [2.75, 3.05) is 26.7 Å². The van der Waals surface area contributed by atoms with Crippen LogP contribution in [0.1, 0.15) is 23.2 Å². The summed E-state index contributed by atoms with van der Waals surface area (Å²) in [4.78, 5) is 26.3. The topological polar surface area (TPSA) is 66.6 Å². The van der Waals surface area contributed by atoms with Gasteiger partial charge in [-0.05, 0) is 50.6 Å². The molecule has 7 nitrogen and oxygen atoms in total.